The van der Waals surface area contributed by atoms with Crippen LogP contribution in [0.1, 0.15) is 10.4 Å². The van der Waals surface area contributed by atoms with Gasteiger partial charge in [0.15, 0.2) is 5.82 Å². The highest BCUT2D eigenvalue weighted by atomic mass is 16.5. The van der Waals surface area contributed by atoms with E-state index in [1.165, 1.54) is 19.4 Å². The SMILES string of the molecule is COC(=O)c1ccc(NC(=O)Nc2ccon2)cc1. The predicted octanol–water partition coefficient (Wildman–Crippen LogP) is 2.11. The van der Waals surface area contributed by atoms with Crippen LogP contribution >= 0.6 is 0 Å². The van der Waals surface area contributed by atoms with Crippen LogP contribution < -0.4 is 10.6 Å². The molecule has 0 saturated carbocycles. The van der Waals surface area contributed by atoms with Gasteiger partial charge in [0.25, 0.3) is 0 Å². The number of nitrogens with one attached hydrogen (secondary N) is 2. The van der Waals surface area contributed by atoms with E-state index in [0.717, 1.165) is 0 Å². The number of esters is 1. The average Bonchev–Trinajstić information content (AvgIpc) is 2.91. The van der Waals surface area contributed by atoms with Crippen molar-refractivity contribution in [1.29, 1.82) is 0 Å². The Morgan fingerprint density at radius 1 is 1.16 bits per heavy atom. The second-order valence-corrected chi connectivity index (χ2v) is 3.53. The molecule has 0 aliphatic rings. The zero-order valence-corrected chi connectivity index (χ0v) is 10.0. The van der Waals surface area contributed by atoms with Crippen molar-refractivity contribution in [2.24, 2.45) is 0 Å². The number of anilines is 2. The van der Waals surface area contributed by atoms with Gasteiger partial charge in [-0.3, -0.25) is 5.32 Å². The van der Waals surface area contributed by atoms with E-state index in [1.54, 1.807) is 24.3 Å². The van der Waals surface area contributed by atoms with Gasteiger partial charge < -0.3 is 14.6 Å². The van der Waals surface area contributed by atoms with Crippen LogP contribution in [0.3, 0.4) is 0 Å². The Morgan fingerprint density at radius 3 is 2.47 bits per heavy atom. The topological polar surface area (TPSA) is 93.5 Å². The summed E-state index contributed by atoms with van der Waals surface area (Å²) in [4.78, 5) is 22.8. The van der Waals surface area contributed by atoms with E-state index in [0.29, 0.717) is 17.1 Å². The Kier molecular flexibility index (Phi) is 3.77. The number of rotatable bonds is 3. The molecule has 1 aromatic carbocycles. The van der Waals surface area contributed by atoms with E-state index in [9.17, 15) is 9.59 Å². The van der Waals surface area contributed by atoms with E-state index in [-0.39, 0.29) is 0 Å². The van der Waals surface area contributed by atoms with Gasteiger partial charge in [0.2, 0.25) is 0 Å². The molecule has 0 bridgehead atoms. The molecule has 0 aliphatic heterocycles. The van der Waals surface area contributed by atoms with E-state index in [4.69, 9.17) is 0 Å². The van der Waals surface area contributed by atoms with Gasteiger partial charge in [-0.05, 0) is 24.3 Å². The summed E-state index contributed by atoms with van der Waals surface area (Å²) in [5, 5.41) is 8.59. The first kappa shape index (κ1) is 12.6. The van der Waals surface area contributed by atoms with Gasteiger partial charge >= 0.3 is 12.0 Å². The number of ether oxygens (including phenoxy) is 1. The molecule has 0 fully saturated rings. The Bertz CT molecular complexity index is 563. The lowest BCUT2D eigenvalue weighted by atomic mass is 10.2. The van der Waals surface area contributed by atoms with Crippen molar-refractivity contribution < 1.29 is 18.8 Å². The van der Waals surface area contributed by atoms with Gasteiger partial charge in [-0.15, -0.1) is 0 Å². The number of amides is 2. The molecule has 1 aromatic heterocycles. The smallest absolute Gasteiger partial charge is 0.337 e. The molecule has 2 rings (SSSR count). The standard InChI is InChI=1S/C12H11N3O4/c1-18-11(16)8-2-4-9(5-3-8)13-12(17)14-10-6-7-19-15-10/h2-7H,1H3,(H2,13,14,15,17). The average molecular weight is 261 g/mol. The van der Waals surface area contributed by atoms with Crippen molar-refractivity contribution in [3.63, 3.8) is 0 Å². The monoisotopic (exact) mass is 261 g/mol. The summed E-state index contributed by atoms with van der Waals surface area (Å²) in [5.41, 5.74) is 0.943. The molecule has 98 valence electrons. The van der Waals surface area contributed by atoms with Crippen LogP contribution in [-0.4, -0.2) is 24.3 Å². The third-order valence-electron chi connectivity index (χ3n) is 2.24. The lowest BCUT2D eigenvalue weighted by Crippen LogP contribution is -2.19. The quantitative estimate of drug-likeness (QED) is 0.825. The minimum atomic E-state index is -0.459. The molecule has 0 atom stereocenters. The number of nitrogens with zero attached hydrogens (tertiary/aromatic N) is 1. The largest absolute Gasteiger partial charge is 0.465 e. The number of carbonyl (C=O) groups is 2. The predicted molar refractivity (Wildman–Crippen MR) is 66.9 cm³/mol. The molecule has 0 radical (unpaired) electrons. The van der Waals surface area contributed by atoms with Crippen molar-refractivity contribution in [2.45, 2.75) is 0 Å². The van der Waals surface area contributed by atoms with Crippen LogP contribution in [0.2, 0.25) is 0 Å². The highest BCUT2D eigenvalue weighted by Gasteiger charge is 2.07. The zero-order chi connectivity index (χ0) is 13.7. The molecule has 0 saturated heterocycles. The molecule has 1 heterocycles. The second kappa shape index (κ2) is 5.67. The van der Waals surface area contributed by atoms with E-state index >= 15 is 0 Å². The number of methoxy groups -OCH3 is 1. The summed E-state index contributed by atoms with van der Waals surface area (Å²) in [5.74, 6) is -0.123. The normalized spacial score (nSPS) is 9.74. The Hall–Kier alpha value is -2.83. The fourth-order valence-electron chi connectivity index (χ4n) is 1.36. The maximum Gasteiger partial charge on any atom is 0.337 e. The number of hydrogen-bond acceptors (Lipinski definition) is 5. The first-order valence-electron chi connectivity index (χ1n) is 5.36. The summed E-state index contributed by atoms with van der Waals surface area (Å²) in [6.45, 7) is 0. The third kappa shape index (κ3) is 3.32. The number of carbonyl (C=O) groups excluding carboxylic acids is 2. The van der Waals surface area contributed by atoms with Gasteiger partial charge in [-0.1, -0.05) is 5.16 Å². The van der Waals surface area contributed by atoms with Gasteiger partial charge in [0.05, 0.1) is 12.7 Å². The summed E-state index contributed by atoms with van der Waals surface area (Å²) in [6.07, 6.45) is 1.35. The number of aromatic nitrogens is 1. The lowest BCUT2D eigenvalue weighted by molar-refractivity contribution is 0.0601. The Morgan fingerprint density at radius 2 is 1.89 bits per heavy atom. The van der Waals surface area contributed by atoms with Crippen LogP contribution in [0.15, 0.2) is 41.1 Å². The van der Waals surface area contributed by atoms with Crippen molar-refractivity contribution in [2.75, 3.05) is 17.7 Å². The number of urea groups is 1. The molecule has 0 aliphatic carbocycles. The second-order valence-electron chi connectivity index (χ2n) is 3.53. The van der Waals surface area contributed by atoms with E-state index in [1.807, 2.05) is 0 Å². The Balaban J connectivity index is 1.96. The Labute approximate surface area is 108 Å². The molecule has 19 heavy (non-hydrogen) atoms. The summed E-state index contributed by atoms with van der Waals surface area (Å²) >= 11 is 0. The summed E-state index contributed by atoms with van der Waals surface area (Å²) in [6, 6.07) is 7.35. The van der Waals surface area contributed by atoms with Gasteiger partial charge in [0.1, 0.15) is 6.26 Å². The maximum absolute atomic E-state index is 11.6. The van der Waals surface area contributed by atoms with Crippen LogP contribution in [-0.2, 0) is 4.74 Å². The first-order valence-corrected chi connectivity index (χ1v) is 5.36. The zero-order valence-electron chi connectivity index (χ0n) is 10.0. The van der Waals surface area contributed by atoms with Crippen LogP contribution in [0.5, 0.6) is 0 Å². The van der Waals surface area contributed by atoms with E-state index in [2.05, 4.69) is 25.1 Å². The van der Waals surface area contributed by atoms with Crippen LogP contribution in [0, 0.1) is 0 Å². The molecule has 0 unspecified atom stereocenters. The third-order valence-corrected chi connectivity index (χ3v) is 2.24. The molecule has 2 aromatic rings. The molecule has 0 spiro atoms. The molecule has 7 heteroatoms. The van der Waals surface area contributed by atoms with Crippen molar-refractivity contribution in [3.05, 3.63) is 42.2 Å². The minimum Gasteiger partial charge on any atom is -0.465 e. The van der Waals surface area contributed by atoms with Crippen molar-refractivity contribution in [3.8, 4) is 0 Å². The van der Waals surface area contributed by atoms with Crippen molar-refractivity contribution >= 4 is 23.5 Å². The van der Waals surface area contributed by atoms with E-state index < -0.39 is 12.0 Å². The fourth-order valence-corrected chi connectivity index (χ4v) is 1.36. The molecular weight excluding hydrogens is 250 g/mol. The van der Waals surface area contributed by atoms with Crippen molar-refractivity contribution in [1.82, 2.24) is 5.16 Å². The summed E-state index contributed by atoms with van der Waals surface area (Å²) < 4.78 is 9.15. The lowest BCUT2D eigenvalue weighted by Gasteiger charge is -2.05. The molecule has 2 amide bonds. The molecular formula is C12H11N3O4. The number of hydrogen-bond donors (Lipinski definition) is 2. The first-order chi connectivity index (χ1) is 9.19. The minimum absolute atomic E-state index is 0.309. The highest BCUT2D eigenvalue weighted by Crippen LogP contribution is 2.11. The number of benzene rings is 1. The van der Waals surface area contributed by atoms with Gasteiger partial charge in [0, 0.05) is 11.8 Å². The van der Waals surface area contributed by atoms with Gasteiger partial charge in [-0.2, -0.15) is 0 Å². The highest BCUT2D eigenvalue weighted by molar-refractivity contribution is 5.99. The molecule has 2 N–H and O–H groups in total. The van der Waals surface area contributed by atoms with Crippen LogP contribution in [0.25, 0.3) is 0 Å². The maximum atomic E-state index is 11.6. The fraction of sp³-hybridized carbons (Fsp3) is 0.0833. The van der Waals surface area contributed by atoms with Crippen LogP contribution in [0.4, 0.5) is 16.3 Å². The summed E-state index contributed by atoms with van der Waals surface area (Å²) in [7, 11) is 1.31. The molecule has 7 nitrogen and oxygen atoms in total. The van der Waals surface area contributed by atoms with Gasteiger partial charge in [-0.25, -0.2) is 9.59 Å².